The van der Waals surface area contributed by atoms with E-state index in [2.05, 4.69) is 0 Å². The van der Waals surface area contributed by atoms with Crippen molar-refractivity contribution in [3.05, 3.63) is 0 Å². The number of urea groups is 1. The summed E-state index contributed by atoms with van der Waals surface area (Å²) in [5.74, 6) is -1.03. The Morgan fingerprint density at radius 1 is 1.54 bits per heavy atom. The Hall–Kier alpha value is -1.30. The van der Waals surface area contributed by atoms with Crippen molar-refractivity contribution in [1.29, 1.82) is 0 Å². The van der Waals surface area contributed by atoms with Crippen molar-refractivity contribution in [2.45, 2.75) is 18.9 Å². The molecule has 2 amide bonds. The van der Waals surface area contributed by atoms with Gasteiger partial charge in [-0.25, -0.2) is 4.79 Å². The van der Waals surface area contributed by atoms with Crippen molar-refractivity contribution in [1.82, 2.24) is 4.90 Å². The fourth-order valence-electron chi connectivity index (χ4n) is 0.782. The number of nitrogens with zero attached hydrogens (tertiary/aromatic N) is 1. The van der Waals surface area contributed by atoms with E-state index in [1.165, 1.54) is 4.90 Å². The molecule has 0 aliphatic heterocycles. The zero-order chi connectivity index (χ0) is 10.4. The number of hydrogen-bond acceptors (Lipinski definition) is 3. The van der Waals surface area contributed by atoms with Crippen molar-refractivity contribution < 1.29 is 14.7 Å². The molecule has 0 saturated carbocycles. The van der Waals surface area contributed by atoms with Crippen LogP contribution in [-0.4, -0.2) is 41.6 Å². The lowest BCUT2D eigenvalue weighted by molar-refractivity contribution is -0.138. The van der Waals surface area contributed by atoms with Gasteiger partial charge in [0.05, 0.1) is 0 Å². The third-order valence-electron chi connectivity index (χ3n) is 1.70. The average Bonchev–Trinajstić information content (AvgIpc) is 2.03. The van der Waals surface area contributed by atoms with Gasteiger partial charge >= 0.3 is 12.0 Å². The zero-order valence-electron chi connectivity index (χ0n) is 7.56. The van der Waals surface area contributed by atoms with E-state index in [4.69, 9.17) is 16.6 Å². The molecule has 0 spiro atoms. The molecule has 0 aromatic carbocycles. The van der Waals surface area contributed by atoms with Crippen LogP contribution in [0.25, 0.3) is 0 Å². The fraction of sp³-hybridized carbons (Fsp3) is 0.714. The highest BCUT2D eigenvalue weighted by Crippen LogP contribution is 1.96. The molecule has 0 bridgehead atoms. The second-order valence-corrected chi connectivity index (χ2v) is 2.85. The van der Waals surface area contributed by atoms with Gasteiger partial charge in [-0.05, 0) is 12.8 Å². The van der Waals surface area contributed by atoms with Crippen LogP contribution >= 0.6 is 0 Å². The van der Waals surface area contributed by atoms with Crippen molar-refractivity contribution in [3.8, 4) is 0 Å². The lowest BCUT2D eigenvalue weighted by Gasteiger charge is -2.14. The molecule has 1 unspecified atom stereocenters. The number of nitrogens with two attached hydrogens (primary N) is 2. The van der Waals surface area contributed by atoms with Crippen LogP contribution in [0.4, 0.5) is 4.79 Å². The van der Waals surface area contributed by atoms with Gasteiger partial charge in [0.1, 0.15) is 6.04 Å². The molecule has 6 nitrogen and oxygen atoms in total. The van der Waals surface area contributed by atoms with Crippen molar-refractivity contribution in [3.63, 3.8) is 0 Å². The Morgan fingerprint density at radius 3 is 2.46 bits per heavy atom. The standard InChI is InChI=1S/C7H15N3O3/c1-10(7(9)13)4-2-3-5(8)6(11)12/h5H,2-4,8H2,1H3,(H2,9,13)(H,11,12). The van der Waals surface area contributed by atoms with Gasteiger partial charge in [-0.3, -0.25) is 4.79 Å². The number of hydrogen-bond donors (Lipinski definition) is 3. The summed E-state index contributed by atoms with van der Waals surface area (Å²) in [6, 6.07) is -1.38. The third kappa shape index (κ3) is 5.02. The summed E-state index contributed by atoms with van der Waals surface area (Å²) in [7, 11) is 1.55. The Morgan fingerprint density at radius 2 is 2.08 bits per heavy atom. The summed E-state index contributed by atoms with van der Waals surface area (Å²) in [4.78, 5) is 22.1. The lowest BCUT2D eigenvalue weighted by Crippen LogP contribution is -2.35. The van der Waals surface area contributed by atoms with E-state index in [0.29, 0.717) is 19.4 Å². The van der Waals surface area contributed by atoms with Crippen LogP contribution in [-0.2, 0) is 4.79 Å². The molecule has 0 aliphatic carbocycles. The molecule has 0 rings (SSSR count). The monoisotopic (exact) mass is 189 g/mol. The maximum atomic E-state index is 10.5. The van der Waals surface area contributed by atoms with E-state index < -0.39 is 18.0 Å². The number of rotatable bonds is 5. The van der Waals surface area contributed by atoms with E-state index in [9.17, 15) is 9.59 Å². The van der Waals surface area contributed by atoms with Crippen molar-refractivity contribution in [2.75, 3.05) is 13.6 Å². The SMILES string of the molecule is CN(CCCC(N)C(=O)O)C(N)=O. The van der Waals surface area contributed by atoms with Gasteiger partial charge in [0, 0.05) is 13.6 Å². The van der Waals surface area contributed by atoms with E-state index in [-0.39, 0.29) is 0 Å². The Bertz CT molecular complexity index is 175. The van der Waals surface area contributed by atoms with E-state index in [0.717, 1.165) is 0 Å². The van der Waals surface area contributed by atoms with Crippen molar-refractivity contribution in [2.24, 2.45) is 11.5 Å². The first-order chi connectivity index (χ1) is 5.95. The predicted octanol–water partition coefficient (Wildman–Crippen LogP) is -0.811. The molecule has 6 heteroatoms. The van der Waals surface area contributed by atoms with Gasteiger partial charge < -0.3 is 21.5 Å². The Labute approximate surface area is 76.5 Å². The molecule has 76 valence electrons. The molecule has 0 heterocycles. The second-order valence-electron chi connectivity index (χ2n) is 2.85. The van der Waals surface area contributed by atoms with Gasteiger partial charge in [0.15, 0.2) is 0 Å². The number of primary amides is 1. The minimum atomic E-state index is -1.03. The van der Waals surface area contributed by atoms with Crippen LogP contribution in [0.3, 0.4) is 0 Å². The van der Waals surface area contributed by atoms with Crippen LogP contribution in [0, 0.1) is 0 Å². The van der Waals surface area contributed by atoms with Crippen LogP contribution in [0.15, 0.2) is 0 Å². The molecule has 0 fully saturated rings. The summed E-state index contributed by atoms with van der Waals surface area (Å²) >= 11 is 0. The number of amides is 2. The normalized spacial score (nSPS) is 12.2. The number of aliphatic carboxylic acids is 1. The molecular formula is C7H15N3O3. The first-order valence-electron chi connectivity index (χ1n) is 3.94. The maximum absolute atomic E-state index is 10.5. The van der Waals surface area contributed by atoms with Gasteiger partial charge in [-0.2, -0.15) is 0 Å². The summed E-state index contributed by atoms with van der Waals surface area (Å²) in [5.41, 5.74) is 10.2. The molecule has 0 aliphatic rings. The first-order valence-corrected chi connectivity index (χ1v) is 3.94. The number of carboxylic acid groups (broad SMARTS) is 1. The molecule has 13 heavy (non-hydrogen) atoms. The highest BCUT2D eigenvalue weighted by molar-refractivity contribution is 5.73. The number of carboxylic acids is 1. The first kappa shape index (κ1) is 11.7. The summed E-state index contributed by atoms with van der Waals surface area (Å²) < 4.78 is 0. The molecule has 5 N–H and O–H groups in total. The lowest BCUT2D eigenvalue weighted by atomic mass is 10.2. The van der Waals surface area contributed by atoms with Gasteiger partial charge in [0.2, 0.25) is 0 Å². The van der Waals surface area contributed by atoms with E-state index in [1.807, 2.05) is 0 Å². The smallest absolute Gasteiger partial charge is 0.320 e. The summed E-state index contributed by atoms with van der Waals surface area (Å²) in [6.45, 7) is 0.427. The molecular weight excluding hydrogens is 174 g/mol. The van der Waals surface area contributed by atoms with Crippen LogP contribution in [0.2, 0.25) is 0 Å². The highest BCUT2D eigenvalue weighted by atomic mass is 16.4. The molecule has 0 radical (unpaired) electrons. The minimum absolute atomic E-state index is 0.340. The zero-order valence-corrected chi connectivity index (χ0v) is 7.56. The topological polar surface area (TPSA) is 110 Å². The van der Waals surface area contributed by atoms with Crippen LogP contribution < -0.4 is 11.5 Å². The molecule has 0 aromatic heterocycles. The Balaban J connectivity index is 3.56. The predicted molar refractivity (Wildman–Crippen MR) is 47.1 cm³/mol. The number of carbonyl (C=O) groups excluding carboxylic acids is 1. The quantitative estimate of drug-likeness (QED) is 0.525. The van der Waals surface area contributed by atoms with Gasteiger partial charge in [-0.1, -0.05) is 0 Å². The highest BCUT2D eigenvalue weighted by Gasteiger charge is 2.11. The molecule has 0 saturated heterocycles. The van der Waals surface area contributed by atoms with Crippen LogP contribution in [0.5, 0.6) is 0 Å². The van der Waals surface area contributed by atoms with E-state index >= 15 is 0 Å². The second kappa shape index (κ2) is 5.36. The van der Waals surface area contributed by atoms with Gasteiger partial charge in [0.25, 0.3) is 0 Å². The van der Waals surface area contributed by atoms with E-state index in [1.54, 1.807) is 7.05 Å². The average molecular weight is 189 g/mol. The summed E-state index contributed by atoms with van der Waals surface area (Å²) in [6.07, 6.45) is 0.875. The molecule has 1 atom stereocenters. The van der Waals surface area contributed by atoms with Crippen LogP contribution in [0.1, 0.15) is 12.8 Å². The third-order valence-corrected chi connectivity index (χ3v) is 1.70. The minimum Gasteiger partial charge on any atom is -0.480 e. The summed E-state index contributed by atoms with van der Waals surface area (Å²) in [5, 5.41) is 8.43. The maximum Gasteiger partial charge on any atom is 0.320 e. The van der Waals surface area contributed by atoms with Gasteiger partial charge in [-0.15, -0.1) is 0 Å². The largest absolute Gasteiger partial charge is 0.480 e. The molecule has 0 aromatic rings. The Kier molecular flexibility index (Phi) is 4.83. The van der Waals surface area contributed by atoms with Crippen molar-refractivity contribution >= 4 is 12.0 Å². The number of carbonyl (C=O) groups is 2. The fourth-order valence-corrected chi connectivity index (χ4v) is 0.782.